The Morgan fingerprint density at radius 1 is 1.18 bits per heavy atom. The van der Waals surface area contributed by atoms with Crippen molar-refractivity contribution in [2.45, 2.75) is 18.9 Å². The molecule has 0 radical (unpaired) electrons. The largest absolute Gasteiger partial charge is 0.491 e. The second-order valence-electron chi connectivity index (χ2n) is 6.25. The number of rotatable bonds is 7. The van der Waals surface area contributed by atoms with E-state index in [9.17, 15) is 9.59 Å². The number of amides is 1. The summed E-state index contributed by atoms with van der Waals surface area (Å²) < 4.78 is 16.2. The number of ether oxygens (including phenoxy) is 3. The summed E-state index contributed by atoms with van der Waals surface area (Å²) in [4.78, 5) is 24.0. The molecule has 0 spiro atoms. The van der Waals surface area contributed by atoms with Crippen LogP contribution >= 0.6 is 0 Å². The van der Waals surface area contributed by atoms with Gasteiger partial charge in [-0.15, -0.1) is 0 Å². The molecule has 0 bridgehead atoms. The van der Waals surface area contributed by atoms with Gasteiger partial charge in [0.1, 0.15) is 18.4 Å². The third kappa shape index (κ3) is 5.32. The number of para-hydroxylation sites is 1. The number of hydrogen-bond acceptors (Lipinski definition) is 6. The van der Waals surface area contributed by atoms with Crippen LogP contribution < -0.4 is 10.1 Å². The molecule has 0 aliphatic carbocycles. The van der Waals surface area contributed by atoms with Crippen molar-refractivity contribution in [3.05, 3.63) is 59.7 Å². The number of hydrogen-bond donors (Lipinski definition) is 1. The molecule has 1 aliphatic heterocycles. The van der Waals surface area contributed by atoms with Gasteiger partial charge in [-0.3, -0.25) is 4.79 Å². The summed E-state index contributed by atoms with van der Waals surface area (Å²) in [5, 5.41) is 11.6. The smallest absolute Gasteiger partial charge is 0.338 e. The minimum Gasteiger partial charge on any atom is -0.491 e. The second-order valence-corrected chi connectivity index (χ2v) is 6.25. The highest BCUT2D eigenvalue weighted by atomic mass is 16.5. The molecule has 3 rings (SSSR count). The van der Waals surface area contributed by atoms with Crippen molar-refractivity contribution in [1.29, 1.82) is 5.26 Å². The molecule has 1 N–H and O–H groups in total. The lowest BCUT2D eigenvalue weighted by Gasteiger charge is -2.11. The summed E-state index contributed by atoms with van der Waals surface area (Å²) in [5.74, 6) is -0.500. The quantitative estimate of drug-likeness (QED) is 0.742. The first kappa shape index (κ1) is 19.4. The maximum Gasteiger partial charge on any atom is 0.338 e. The standard InChI is InChI=1S/C21H20N2O5/c22-12-16-4-1-2-6-19(16)23-20(24)14-28-21(25)15-7-9-17(10-8-15)27-13-18-5-3-11-26-18/h1-2,4,6-10,18H,3,5,11,13-14H2,(H,23,24)/t18-/m0/s1. The van der Waals surface area contributed by atoms with Gasteiger partial charge in [0.05, 0.1) is 22.9 Å². The minimum atomic E-state index is -0.616. The van der Waals surface area contributed by atoms with Crippen molar-refractivity contribution in [3.8, 4) is 11.8 Å². The fraction of sp³-hybridized carbons (Fsp3) is 0.286. The summed E-state index contributed by atoms with van der Waals surface area (Å²) >= 11 is 0. The molecule has 0 unspecified atom stereocenters. The van der Waals surface area contributed by atoms with Gasteiger partial charge in [0.2, 0.25) is 0 Å². The van der Waals surface area contributed by atoms with Crippen molar-refractivity contribution in [2.24, 2.45) is 0 Å². The number of carbonyl (C=O) groups is 2. The van der Waals surface area contributed by atoms with Crippen molar-refractivity contribution < 1.29 is 23.8 Å². The summed E-state index contributed by atoms with van der Waals surface area (Å²) in [6.07, 6.45) is 2.16. The first-order valence-corrected chi connectivity index (χ1v) is 8.96. The molecule has 2 aromatic carbocycles. The molecule has 1 heterocycles. The minimum absolute atomic E-state index is 0.120. The van der Waals surface area contributed by atoms with Gasteiger partial charge in [-0.05, 0) is 49.2 Å². The number of nitriles is 1. The Morgan fingerprint density at radius 2 is 1.96 bits per heavy atom. The predicted octanol–water partition coefficient (Wildman–Crippen LogP) is 2.91. The van der Waals surface area contributed by atoms with Gasteiger partial charge in [-0.2, -0.15) is 5.26 Å². The third-order valence-electron chi connectivity index (χ3n) is 4.21. The molecule has 1 saturated heterocycles. The second kappa shape index (κ2) is 9.53. The normalized spacial score (nSPS) is 15.5. The molecule has 1 aliphatic rings. The van der Waals surface area contributed by atoms with Crippen LogP contribution in [0.4, 0.5) is 5.69 Å². The average Bonchev–Trinajstić information content (AvgIpc) is 3.25. The van der Waals surface area contributed by atoms with E-state index >= 15 is 0 Å². The fourth-order valence-corrected chi connectivity index (χ4v) is 2.74. The summed E-state index contributed by atoms with van der Waals surface area (Å²) in [5.41, 5.74) is 1.02. The van der Waals surface area contributed by atoms with E-state index in [1.807, 2.05) is 6.07 Å². The zero-order valence-corrected chi connectivity index (χ0v) is 15.2. The summed E-state index contributed by atoms with van der Waals surface area (Å²) in [7, 11) is 0. The Balaban J connectivity index is 1.46. The van der Waals surface area contributed by atoms with Crippen LogP contribution in [0.5, 0.6) is 5.75 Å². The molecule has 1 amide bonds. The van der Waals surface area contributed by atoms with E-state index in [0.717, 1.165) is 19.4 Å². The highest BCUT2D eigenvalue weighted by molar-refractivity contribution is 5.96. The number of carbonyl (C=O) groups excluding carboxylic acids is 2. The van der Waals surface area contributed by atoms with Crippen molar-refractivity contribution in [1.82, 2.24) is 0 Å². The summed E-state index contributed by atoms with van der Waals surface area (Å²) in [6, 6.07) is 15.1. The summed E-state index contributed by atoms with van der Waals surface area (Å²) in [6.45, 7) is 0.804. The van der Waals surface area contributed by atoms with Crippen LogP contribution in [0.25, 0.3) is 0 Å². The Labute approximate surface area is 162 Å². The molecular weight excluding hydrogens is 360 g/mol. The highest BCUT2D eigenvalue weighted by Gasteiger charge is 2.16. The molecule has 28 heavy (non-hydrogen) atoms. The molecule has 0 saturated carbocycles. The van der Waals surface area contributed by atoms with E-state index in [2.05, 4.69) is 5.32 Å². The monoisotopic (exact) mass is 380 g/mol. The maximum absolute atomic E-state index is 12.1. The van der Waals surface area contributed by atoms with Crippen LogP contribution in [-0.2, 0) is 14.3 Å². The Hall–Kier alpha value is -3.37. The first-order chi connectivity index (χ1) is 13.7. The van der Waals surface area contributed by atoms with Gasteiger partial charge in [0.25, 0.3) is 5.91 Å². The molecular formula is C21H20N2O5. The van der Waals surface area contributed by atoms with Gasteiger partial charge in [0, 0.05) is 6.61 Å². The maximum atomic E-state index is 12.1. The number of benzene rings is 2. The van der Waals surface area contributed by atoms with Gasteiger partial charge in [-0.1, -0.05) is 12.1 Å². The molecule has 7 heteroatoms. The Morgan fingerprint density at radius 3 is 2.68 bits per heavy atom. The predicted molar refractivity (Wildman–Crippen MR) is 101 cm³/mol. The van der Waals surface area contributed by atoms with E-state index in [0.29, 0.717) is 29.2 Å². The van der Waals surface area contributed by atoms with Gasteiger partial charge in [0.15, 0.2) is 6.61 Å². The number of anilines is 1. The first-order valence-electron chi connectivity index (χ1n) is 8.96. The lowest BCUT2D eigenvalue weighted by atomic mass is 10.2. The van der Waals surface area contributed by atoms with Crippen LogP contribution in [0.2, 0.25) is 0 Å². The van der Waals surface area contributed by atoms with Gasteiger partial charge >= 0.3 is 5.97 Å². The van der Waals surface area contributed by atoms with Crippen molar-refractivity contribution in [3.63, 3.8) is 0 Å². The zero-order chi connectivity index (χ0) is 19.8. The molecule has 1 fully saturated rings. The van der Waals surface area contributed by atoms with E-state index in [1.54, 1.807) is 48.5 Å². The molecule has 144 valence electrons. The number of nitrogens with one attached hydrogen (secondary N) is 1. The Bertz CT molecular complexity index is 867. The molecule has 2 aromatic rings. The number of nitrogens with zero attached hydrogens (tertiary/aromatic N) is 1. The Kier molecular flexibility index (Phi) is 6.60. The fourth-order valence-electron chi connectivity index (χ4n) is 2.74. The van der Waals surface area contributed by atoms with Crippen molar-refractivity contribution in [2.75, 3.05) is 25.1 Å². The van der Waals surface area contributed by atoms with Crippen LogP contribution in [0.3, 0.4) is 0 Å². The molecule has 0 aromatic heterocycles. The lowest BCUT2D eigenvalue weighted by molar-refractivity contribution is -0.119. The van der Waals surface area contributed by atoms with E-state index in [1.165, 1.54) is 0 Å². The SMILES string of the molecule is N#Cc1ccccc1NC(=O)COC(=O)c1ccc(OC[C@@H]2CCCO2)cc1. The van der Waals surface area contributed by atoms with Gasteiger partial charge < -0.3 is 19.5 Å². The van der Waals surface area contributed by atoms with E-state index < -0.39 is 18.5 Å². The van der Waals surface area contributed by atoms with Crippen molar-refractivity contribution >= 4 is 17.6 Å². The average molecular weight is 380 g/mol. The lowest BCUT2D eigenvalue weighted by Crippen LogP contribution is -2.21. The van der Waals surface area contributed by atoms with E-state index in [4.69, 9.17) is 19.5 Å². The van der Waals surface area contributed by atoms with Crippen LogP contribution in [0, 0.1) is 11.3 Å². The third-order valence-corrected chi connectivity index (χ3v) is 4.21. The number of esters is 1. The van der Waals surface area contributed by atoms with Gasteiger partial charge in [-0.25, -0.2) is 4.79 Å². The molecule has 1 atom stereocenters. The molecule has 7 nitrogen and oxygen atoms in total. The van der Waals surface area contributed by atoms with E-state index in [-0.39, 0.29) is 6.10 Å². The zero-order valence-electron chi connectivity index (χ0n) is 15.2. The van der Waals surface area contributed by atoms with Crippen LogP contribution in [0.15, 0.2) is 48.5 Å². The van der Waals surface area contributed by atoms with Crippen LogP contribution in [-0.4, -0.2) is 37.8 Å². The highest BCUT2D eigenvalue weighted by Crippen LogP contribution is 2.17. The van der Waals surface area contributed by atoms with Crippen LogP contribution in [0.1, 0.15) is 28.8 Å². The topological polar surface area (TPSA) is 97.7 Å².